The number of fused-ring (bicyclic) bond motifs is 2. The van der Waals surface area contributed by atoms with Gasteiger partial charge in [0.05, 0.1) is 5.56 Å². The number of hydrogen-bond donors (Lipinski definition) is 1. The van der Waals surface area contributed by atoms with Crippen molar-refractivity contribution in [2.24, 2.45) is 0 Å². The molecule has 4 heteroatoms. The first-order chi connectivity index (χ1) is 15.6. The SMILES string of the molecule is O=CC[C@]1(c2ccccc2)C[C@@H]2Oc3ccccc3C(=O)C2=C/C1=C(/O)c1ccccc1. The van der Waals surface area contributed by atoms with Crippen LogP contribution >= 0.6 is 0 Å². The van der Waals surface area contributed by atoms with E-state index in [2.05, 4.69) is 0 Å². The first-order valence-electron chi connectivity index (χ1n) is 10.6. The van der Waals surface area contributed by atoms with Crippen LogP contribution in [0.15, 0.2) is 102 Å². The van der Waals surface area contributed by atoms with Crippen molar-refractivity contribution in [2.45, 2.75) is 24.4 Å². The minimum atomic E-state index is -0.830. The number of ether oxygens (including phenoxy) is 1. The number of hydrogen-bond acceptors (Lipinski definition) is 4. The first kappa shape index (κ1) is 20.0. The van der Waals surface area contributed by atoms with Crippen molar-refractivity contribution >= 4 is 17.8 Å². The molecule has 32 heavy (non-hydrogen) atoms. The Bertz CT molecular complexity index is 1240. The van der Waals surface area contributed by atoms with Gasteiger partial charge >= 0.3 is 0 Å². The zero-order valence-electron chi connectivity index (χ0n) is 17.4. The molecule has 2 aliphatic rings. The summed E-state index contributed by atoms with van der Waals surface area (Å²) >= 11 is 0. The summed E-state index contributed by atoms with van der Waals surface area (Å²) in [7, 11) is 0. The second kappa shape index (κ2) is 7.97. The number of carbonyl (C=O) groups is 2. The van der Waals surface area contributed by atoms with Crippen LogP contribution in [0.2, 0.25) is 0 Å². The van der Waals surface area contributed by atoms with Gasteiger partial charge in [-0.3, -0.25) is 4.79 Å². The summed E-state index contributed by atoms with van der Waals surface area (Å²) < 4.78 is 6.25. The molecular formula is C28H22O4. The Morgan fingerprint density at radius 3 is 2.34 bits per heavy atom. The molecule has 0 spiro atoms. The Morgan fingerprint density at radius 1 is 0.969 bits per heavy atom. The van der Waals surface area contributed by atoms with Crippen molar-refractivity contribution in [3.05, 3.63) is 119 Å². The number of rotatable bonds is 4. The van der Waals surface area contributed by atoms with Crippen LogP contribution in [-0.2, 0) is 10.2 Å². The number of aliphatic hydroxyl groups is 1. The van der Waals surface area contributed by atoms with E-state index in [4.69, 9.17) is 4.74 Å². The number of para-hydroxylation sites is 1. The summed E-state index contributed by atoms with van der Waals surface area (Å²) in [4.78, 5) is 25.3. The molecular weight excluding hydrogens is 400 g/mol. The summed E-state index contributed by atoms with van der Waals surface area (Å²) in [6.07, 6.45) is 2.63. The Morgan fingerprint density at radius 2 is 1.62 bits per heavy atom. The minimum Gasteiger partial charge on any atom is -0.507 e. The molecule has 0 aromatic heterocycles. The van der Waals surface area contributed by atoms with Crippen LogP contribution in [0.1, 0.15) is 34.3 Å². The third-order valence-electron chi connectivity index (χ3n) is 6.42. The van der Waals surface area contributed by atoms with Gasteiger partial charge in [0.15, 0.2) is 5.78 Å². The van der Waals surface area contributed by atoms with Crippen molar-refractivity contribution in [1.29, 1.82) is 0 Å². The zero-order valence-corrected chi connectivity index (χ0v) is 17.4. The van der Waals surface area contributed by atoms with E-state index in [9.17, 15) is 14.7 Å². The molecule has 0 saturated carbocycles. The summed E-state index contributed by atoms with van der Waals surface area (Å²) in [5.74, 6) is 0.504. The second-order valence-electron chi connectivity index (χ2n) is 8.18. The van der Waals surface area contributed by atoms with Gasteiger partial charge in [-0.2, -0.15) is 0 Å². The van der Waals surface area contributed by atoms with Gasteiger partial charge in [0.1, 0.15) is 23.9 Å². The van der Waals surface area contributed by atoms with Crippen LogP contribution in [0.25, 0.3) is 5.76 Å². The van der Waals surface area contributed by atoms with Crippen LogP contribution in [0.5, 0.6) is 5.75 Å². The lowest BCUT2D eigenvalue weighted by Crippen LogP contribution is -2.43. The third kappa shape index (κ3) is 3.16. The molecule has 0 amide bonds. The Hall–Kier alpha value is -3.92. The van der Waals surface area contributed by atoms with Crippen LogP contribution < -0.4 is 4.74 Å². The van der Waals surface area contributed by atoms with Gasteiger partial charge in [-0.25, -0.2) is 0 Å². The molecule has 5 rings (SSSR count). The Balaban J connectivity index is 1.78. The molecule has 2 atom stereocenters. The molecule has 1 N–H and O–H groups in total. The minimum absolute atomic E-state index is 0.0638. The number of Topliss-reactive ketones (excluding diaryl/α,β-unsaturated/α-hetero) is 1. The van der Waals surface area contributed by atoms with E-state index in [0.29, 0.717) is 34.4 Å². The highest BCUT2D eigenvalue weighted by molar-refractivity contribution is 6.13. The monoisotopic (exact) mass is 422 g/mol. The van der Waals surface area contributed by atoms with Gasteiger partial charge in [0, 0.05) is 35.0 Å². The van der Waals surface area contributed by atoms with E-state index in [1.165, 1.54) is 0 Å². The van der Waals surface area contributed by atoms with E-state index >= 15 is 0 Å². The summed E-state index contributed by atoms with van der Waals surface area (Å²) in [6.45, 7) is 0. The van der Waals surface area contributed by atoms with Gasteiger partial charge in [-0.05, 0) is 23.8 Å². The smallest absolute Gasteiger partial charge is 0.196 e. The lowest BCUT2D eigenvalue weighted by Gasteiger charge is -2.43. The van der Waals surface area contributed by atoms with Gasteiger partial charge < -0.3 is 14.6 Å². The molecule has 3 aromatic carbocycles. The van der Waals surface area contributed by atoms with E-state index < -0.39 is 11.5 Å². The molecule has 1 aliphatic carbocycles. The maximum absolute atomic E-state index is 13.3. The quantitative estimate of drug-likeness (QED) is 0.448. The number of benzene rings is 3. The fourth-order valence-corrected chi connectivity index (χ4v) is 4.84. The number of ketones is 1. The average molecular weight is 422 g/mol. The highest BCUT2D eigenvalue weighted by Crippen LogP contribution is 2.50. The lowest BCUT2D eigenvalue weighted by atomic mass is 9.62. The van der Waals surface area contributed by atoms with Crippen LogP contribution in [0.3, 0.4) is 0 Å². The standard InChI is InChI=1S/C28H22O4/c29-16-15-28(20-11-5-2-6-12-20)18-25-22(27(31)21-13-7-8-14-24(21)32-25)17-23(28)26(30)19-9-3-1-4-10-19/h1-14,16-17,25,30H,15,18H2/b26-23-/t25-,28+/m0/s1. The number of allylic oxidation sites excluding steroid dienone is 2. The van der Waals surface area contributed by atoms with Crippen LogP contribution in [-0.4, -0.2) is 23.3 Å². The number of aliphatic hydroxyl groups excluding tert-OH is 1. The molecule has 0 fully saturated rings. The maximum atomic E-state index is 13.3. The Kier molecular flexibility index (Phi) is 4.98. The van der Waals surface area contributed by atoms with E-state index in [-0.39, 0.29) is 18.0 Å². The van der Waals surface area contributed by atoms with Crippen molar-refractivity contribution in [2.75, 3.05) is 0 Å². The van der Waals surface area contributed by atoms with E-state index in [1.54, 1.807) is 18.2 Å². The molecule has 4 nitrogen and oxygen atoms in total. The molecule has 0 radical (unpaired) electrons. The maximum Gasteiger partial charge on any atom is 0.196 e. The van der Waals surface area contributed by atoms with E-state index in [1.807, 2.05) is 72.8 Å². The number of aldehydes is 1. The average Bonchev–Trinajstić information content (AvgIpc) is 2.85. The summed E-state index contributed by atoms with van der Waals surface area (Å²) in [5.41, 5.74) is 2.27. The molecule has 0 unspecified atom stereocenters. The van der Waals surface area contributed by atoms with Gasteiger partial charge in [0.2, 0.25) is 0 Å². The summed E-state index contributed by atoms with van der Waals surface area (Å²) in [5, 5.41) is 11.4. The molecule has 0 bridgehead atoms. The van der Waals surface area contributed by atoms with Gasteiger partial charge in [-0.15, -0.1) is 0 Å². The normalized spacial score (nSPS) is 23.3. The van der Waals surface area contributed by atoms with Crippen LogP contribution in [0, 0.1) is 0 Å². The predicted octanol–water partition coefficient (Wildman–Crippen LogP) is 5.46. The second-order valence-corrected chi connectivity index (χ2v) is 8.18. The largest absolute Gasteiger partial charge is 0.507 e. The number of carbonyl (C=O) groups excluding carboxylic acids is 2. The topological polar surface area (TPSA) is 63.6 Å². The van der Waals surface area contributed by atoms with Crippen molar-refractivity contribution in [3.8, 4) is 5.75 Å². The van der Waals surface area contributed by atoms with Crippen LogP contribution in [0.4, 0.5) is 0 Å². The third-order valence-corrected chi connectivity index (χ3v) is 6.42. The van der Waals surface area contributed by atoms with Crippen molar-refractivity contribution in [1.82, 2.24) is 0 Å². The van der Waals surface area contributed by atoms with E-state index in [0.717, 1.165) is 11.8 Å². The van der Waals surface area contributed by atoms with Crippen molar-refractivity contribution in [3.63, 3.8) is 0 Å². The van der Waals surface area contributed by atoms with Gasteiger partial charge in [-0.1, -0.05) is 72.8 Å². The predicted molar refractivity (Wildman–Crippen MR) is 123 cm³/mol. The fourth-order valence-electron chi connectivity index (χ4n) is 4.84. The summed E-state index contributed by atoms with van der Waals surface area (Å²) in [6, 6.07) is 26.1. The molecule has 0 saturated heterocycles. The fraction of sp³-hybridized carbons (Fsp3) is 0.143. The highest BCUT2D eigenvalue weighted by Gasteiger charge is 2.47. The molecule has 1 heterocycles. The molecule has 158 valence electrons. The van der Waals surface area contributed by atoms with Crippen molar-refractivity contribution < 1.29 is 19.4 Å². The van der Waals surface area contributed by atoms with Gasteiger partial charge in [0.25, 0.3) is 0 Å². The highest BCUT2D eigenvalue weighted by atomic mass is 16.5. The molecule has 1 aliphatic heterocycles. The molecule has 3 aromatic rings. The first-order valence-corrected chi connectivity index (χ1v) is 10.6. The lowest BCUT2D eigenvalue weighted by molar-refractivity contribution is -0.108. The zero-order chi connectivity index (χ0) is 22.1. The Labute approximate surface area is 186 Å².